The van der Waals surface area contributed by atoms with E-state index in [2.05, 4.69) is 33.8 Å². The first-order valence-electron chi connectivity index (χ1n) is 6.04. The molecule has 3 nitrogen and oxygen atoms in total. The highest BCUT2D eigenvalue weighted by Gasteiger charge is 2.22. The second-order valence-corrected chi connectivity index (χ2v) is 4.82. The number of methoxy groups -OCH3 is 1. The number of hydrogen-bond donors (Lipinski definition) is 2. The van der Waals surface area contributed by atoms with Crippen LogP contribution in [0.15, 0.2) is 6.07 Å². The largest absolute Gasteiger partial charge is 0.496 e. The zero-order valence-corrected chi connectivity index (χ0v) is 11.5. The van der Waals surface area contributed by atoms with Gasteiger partial charge in [0.05, 0.1) is 7.11 Å². The summed E-state index contributed by atoms with van der Waals surface area (Å²) in [5.41, 5.74) is 16.6. The van der Waals surface area contributed by atoms with Crippen molar-refractivity contribution < 1.29 is 4.74 Å². The molecule has 0 aromatic heterocycles. The fourth-order valence-corrected chi connectivity index (χ4v) is 2.18. The molecule has 0 fully saturated rings. The summed E-state index contributed by atoms with van der Waals surface area (Å²) in [5, 5.41) is 0. The molecule has 0 aliphatic heterocycles. The van der Waals surface area contributed by atoms with Gasteiger partial charge in [-0.25, -0.2) is 0 Å². The van der Waals surface area contributed by atoms with Crippen molar-refractivity contribution in [2.75, 3.05) is 13.7 Å². The van der Waals surface area contributed by atoms with Crippen LogP contribution in [0.2, 0.25) is 0 Å². The lowest BCUT2D eigenvalue weighted by molar-refractivity contribution is 0.388. The highest BCUT2D eigenvalue weighted by Crippen LogP contribution is 2.35. The lowest BCUT2D eigenvalue weighted by atomic mass is 9.88. The molecule has 0 saturated carbocycles. The Morgan fingerprint density at radius 1 is 1.24 bits per heavy atom. The van der Waals surface area contributed by atoms with Crippen molar-refractivity contribution in [2.24, 2.45) is 17.4 Å². The average molecular weight is 236 g/mol. The summed E-state index contributed by atoms with van der Waals surface area (Å²) < 4.78 is 5.53. The molecule has 1 aromatic carbocycles. The quantitative estimate of drug-likeness (QED) is 0.842. The van der Waals surface area contributed by atoms with Crippen LogP contribution in [-0.2, 0) is 0 Å². The Morgan fingerprint density at radius 2 is 1.82 bits per heavy atom. The number of hydrogen-bond acceptors (Lipinski definition) is 3. The molecule has 4 N–H and O–H groups in total. The lowest BCUT2D eigenvalue weighted by Gasteiger charge is -2.25. The highest BCUT2D eigenvalue weighted by molar-refractivity contribution is 5.51. The van der Waals surface area contributed by atoms with Crippen molar-refractivity contribution in [3.05, 3.63) is 28.3 Å². The van der Waals surface area contributed by atoms with Crippen molar-refractivity contribution >= 4 is 0 Å². The van der Waals surface area contributed by atoms with E-state index >= 15 is 0 Å². The molecule has 2 atom stereocenters. The fraction of sp³-hybridized carbons (Fsp3) is 0.571. The molecule has 0 amide bonds. The number of aryl methyl sites for hydroxylation is 2. The van der Waals surface area contributed by atoms with Crippen molar-refractivity contribution in [1.29, 1.82) is 0 Å². The highest BCUT2D eigenvalue weighted by atomic mass is 16.5. The van der Waals surface area contributed by atoms with Crippen LogP contribution in [-0.4, -0.2) is 13.7 Å². The van der Waals surface area contributed by atoms with Gasteiger partial charge in [0.2, 0.25) is 0 Å². The Morgan fingerprint density at radius 3 is 2.29 bits per heavy atom. The molecule has 0 heterocycles. The van der Waals surface area contributed by atoms with Gasteiger partial charge in [0.15, 0.2) is 0 Å². The van der Waals surface area contributed by atoms with E-state index in [4.69, 9.17) is 16.2 Å². The second-order valence-electron chi connectivity index (χ2n) is 4.82. The first-order chi connectivity index (χ1) is 7.93. The second kappa shape index (κ2) is 5.52. The number of rotatable bonds is 4. The van der Waals surface area contributed by atoms with E-state index in [1.165, 1.54) is 11.1 Å². The zero-order valence-electron chi connectivity index (χ0n) is 11.5. The molecule has 0 aliphatic rings. The molecular formula is C14H24N2O. The first-order valence-corrected chi connectivity index (χ1v) is 6.04. The standard InChI is InChI=1S/C14H24N2O/c1-8-6-9(2)12(13(16)10(3)7-15)14(17-5)11(8)4/h6,10,13H,7,15-16H2,1-5H3. The molecule has 17 heavy (non-hydrogen) atoms. The van der Waals surface area contributed by atoms with Gasteiger partial charge in [0.25, 0.3) is 0 Å². The van der Waals surface area contributed by atoms with Gasteiger partial charge in [-0.2, -0.15) is 0 Å². The molecule has 2 unspecified atom stereocenters. The predicted octanol–water partition coefficient (Wildman–Crippen LogP) is 2.22. The van der Waals surface area contributed by atoms with E-state index in [1.807, 2.05) is 0 Å². The number of benzene rings is 1. The molecule has 0 spiro atoms. The van der Waals surface area contributed by atoms with Gasteiger partial charge in [0.1, 0.15) is 5.75 Å². The van der Waals surface area contributed by atoms with Crippen LogP contribution in [0, 0.1) is 26.7 Å². The van der Waals surface area contributed by atoms with Crippen molar-refractivity contribution in [1.82, 2.24) is 0 Å². The van der Waals surface area contributed by atoms with E-state index in [1.54, 1.807) is 7.11 Å². The van der Waals surface area contributed by atoms with Gasteiger partial charge in [-0.3, -0.25) is 0 Å². The summed E-state index contributed by atoms with van der Waals surface area (Å²) in [6.45, 7) is 8.88. The monoisotopic (exact) mass is 236 g/mol. The zero-order chi connectivity index (χ0) is 13.2. The normalized spacial score (nSPS) is 14.5. The van der Waals surface area contributed by atoms with Crippen molar-refractivity contribution in [3.63, 3.8) is 0 Å². The molecule has 0 radical (unpaired) electrons. The Hall–Kier alpha value is -1.06. The van der Waals surface area contributed by atoms with Crippen LogP contribution in [0.5, 0.6) is 5.75 Å². The fourth-order valence-electron chi connectivity index (χ4n) is 2.18. The minimum absolute atomic E-state index is 0.0748. The van der Waals surface area contributed by atoms with Crippen LogP contribution in [0.25, 0.3) is 0 Å². The summed E-state index contributed by atoms with van der Waals surface area (Å²) in [7, 11) is 1.70. The molecule has 0 aliphatic carbocycles. The van der Waals surface area contributed by atoms with Gasteiger partial charge in [-0.05, 0) is 49.9 Å². The molecule has 3 heteroatoms. The van der Waals surface area contributed by atoms with Crippen LogP contribution in [0.3, 0.4) is 0 Å². The Bertz CT molecular complexity index is 402. The summed E-state index contributed by atoms with van der Waals surface area (Å²) in [4.78, 5) is 0. The van der Waals surface area contributed by atoms with Crippen molar-refractivity contribution in [2.45, 2.75) is 33.7 Å². The van der Waals surface area contributed by atoms with Gasteiger partial charge in [-0.15, -0.1) is 0 Å². The summed E-state index contributed by atoms with van der Waals surface area (Å²) >= 11 is 0. The summed E-state index contributed by atoms with van der Waals surface area (Å²) in [6.07, 6.45) is 0. The minimum atomic E-state index is -0.0748. The molecule has 1 rings (SSSR count). The summed E-state index contributed by atoms with van der Waals surface area (Å²) in [6, 6.07) is 2.09. The maximum Gasteiger partial charge on any atom is 0.127 e. The smallest absolute Gasteiger partial charge is 0.127 e. The van der Waals surface area contributed by atoms with Gasteiger partial charge < -0.3 is 16.2 Å². The molecule has 96 valence electrons. The molecular weight excluding hydrogens is 212 g/mol. The third-order valence-corrected chi connectivity index (χ3v) is 3.56. The van der Waals surface area contributed by atoms with Crippen LogP contribution in [0.1, 0.15) is 35.2 Å². The molecule has 0 bridgehead atoms. The Balaban J connectivity index is 3.36. The van der Waals surface area contributed by atoms with Crippen LogP contribution in [0.4, 0.5) is 0 Å². The molecule has 1 aromatic rings. The number of nitrogens with two attached hydrogens (primary N) is 2. The minimum Gasteiger partial charge on any atom is -0.496 e. The van der Waals surface area contributed by atoms with Gasteiger partial charge >= 0.3 is 0 Å². The third-order valence-electron chi connectivity index (χ3n) is 3.56. The third kappa shape index (κ3) is 2.61. The maximum atomic E-state index is 6.29. The number of ether oxygens (including phenoxy) is 1. The average Bonchev–Trinajstić information content (AvgIpc) is 2.31. The van der Waals surface area contributed by atoms with E-state index in [-0.39, 0.29) is 12.0 Å². The lowest BCUT2D eigenvalue weighted by Crippen LogP contribution is -2.27. The van der Waals surface area contributed by atoms with E-state index in [0.29, 0.717) is 6.54 Å². The molecule has 0 saturated heterocycles. The van der Waals surface area contributed by atoms with Crippen LogP contribution < -0.4 is 16.2 Å². The summed E-state index contributed by atoms with van der Waals surface area (Å²) in [5.74, 6) is 1.15. The van der Waals surface area contributed by atoms with Gasteiger partial charge in [0, 0.05) is 11.6 Å². The van der Waals surface area contributed by atoms with Gasteiger partial charge in [-0.1, -0.05) is 13.0 Å². The van der Waals surface area contributed by atoms with E-state index in [9.17, 15) is 0 Å². The first kappa shape index (κ1) is 14.0. The van der Waals surface area contributed by atoms with Crippen LogP contribution >= 0.6 is 0 Å². The Labute approximate surface area is 104 Å². The topological polar surface area (TPSA) is 61.3 Å². The Kier molecular flexibility index (Phi) is 4.54. The van der Waals surface area contributed by atoms with E-state index in [0.717, 1.165) is 16.9 Å². The van der Waals surface area contributed by atoms with E-state index < -0.39 is 0 Å². The SMILES string of the molecule is COc1c(C)c(C)cc(C)c1C(N)C(C)CN. The van der Waals surface area contributed by atoms with Crippen molar-refractivity contribution in [3.8, 4) is 5.75 Å². The predicted molar refractivity (Wildman–Crippen MR) is 72.4 cm³/mol. The maximum absolute atomic E-state index is 6.29.